The fourth-order valence-electron chi connectivity index (χ4n) is 3.83. The molecule has 4 aromatic carbocycles. The molecule has 0 spiro atoms. The molecule has 0 N–H and O–H groups in total. The largest absolute Gasteiger partial charge is 0.493 e. The number of para-hydroxylation sites is 1. The molecule has 1 fully saturated rings. The Balaban J connectivity index is 1.38. The van der Waals surface area contributed by atoms with Crippen LogP contribution in [-0.2, 0) is 11.4 Å². The number of carbonyl (C=O) groups is 2. The standard InChI is InChI=1S/C28H20BrNO4S/c1-33-24-14-21(15-26-27(31)30(28(32)35-26)22-9-3-2-4-10-22)23(29)16-25(24)34-17-18-11-12-19-7-5-6-8-20(19)13-18/h2-16H,17H2,1H3/b26-15-. The number of benzene rings is 4. The first kappa shape index (κ1) is 23.2. The number of nitrogens with zero attached hydrogens (tertiary/aromatic N) is 1. The Bertz CT molecular complexity index is 1470. The maximum atomic E-state index is 13.0. The molecular weight excluding hydrogens is 526 g/mol. The van der Waals surface area contributed by atoms with Gasteiger partial charge in [0.15, 0.2) is 11.5 Å². The van der Waals surface area contributed by atoms with Crippen molar-refractivity contribution in [1.82, 2.24) is 0 Å². The second-order valence-corrected chi connectivity index (χ2v) is 9.69. The molecule has 1 saturated heterocycles. The maximum Gasteiger partial charge on any atom is 0.298 e. The topological polar surface area (TPSA) is 55.8 Å². The first-order chi connectivity index (χ1) is 17.0. The number of halogens is 1. The molecule has 35 heavy (non-hydrogen) atoms. The Morgan fingerprint density at radius 3 is 2.40 bits per heavy atom. The Kier molecular flexibility index (Phi) is 6.61. The van der Waals surface area contributed by atoms with Gasteiger partial charge < -0.3 is 9.47 Å². The van der Waals surface area contributed by atoms with Crippen LogP contribution in [0.25, 0.3) is 16.8 Å². The van der Waals surface area contributed by atoms with Crippen LogP contribution in [0.15, 0.2) is 94.3 Å². The number of methoxy groups -OCH3 is 1. The van der Waals surface area contributed by atoms with Crippen molar-refractivity contribution >= 4 is 61.4 Å². The molecule has 0 atom stereocenters. The average Bonchev–Trinajstić information content (AvgIpc) is 3.16. The van der Waals surface area contributed by atoms with Crippen molar-refractivity contribution in [3.63, 3.8) is 0 Å². The van der Waals surface area contributed by atoms with Crippen molar-refractivity contribution < 1.29 is 19.1 Å². The lowest BCUT2D eigenvalue weighted by Gasteiger charge is -2.14. The summed E-state index contributed by atoms with van der Waals surface area (Å²) in [5, 5.41) is 2.00. The lowest BCUT2D eigenvalue weighted by molar-refractivity contribution is -0.113. The first-order valence-corrected chi connectivity index (χ1v) is 12.5. The summed E-state index contributed by atoms with van der Waals surface area (Å²) < 4.78 is 12.4. The number of hydrogen-bond acceptors (Lipinski definition) is 5. The van der Waals surface area contributed by atoms with Crippen LogP contribution in [0.5, 0.6) is 11.5 Å². The predicted molar refractivity (Wildman–Crippen MR) is 144 cm³/mol. The third kappa shape index (κ3) is 4.83. The van der Waals surface area contributed by atoms with Crippen molar-refractivity contribution in [3.05, 3.63) is 105 Å². The summed E-state index contributed by atoms with van der Waals surface area (Å²) in [5.41, 5.74) is 2.30. The number of ether oxygens (including phenoxy) is 2. The van der Waals surface area contributed by atoms with Crippen LogP contribution in [-0.4, -0.2) is 18.3 Å². The van der Waals surface area contributed by atoms with E-state index in [0.717, 1.165) is 27.2 Å². The Hall–Kier alpha value is -3.55. The molecule has 7 heteroatoms. The summed E-state index contributed by atoms with van der Waals surface area (Å²) in [6, 6.07) is 26.9. The minimum atomic E-state index is -0.353. The van der Waals surface area contributed by atoms with Crippen molar-refractivity contribution in [2.24, 2.45) is 0 Å². The van der Waals surface area contributed by atoms with E-state index in [1.807, 2.05) is 30.3 Å². The van der Waals surface area contributed by atoms with Crippen LogP contribution in [0.2, 0.25) is 0 Å². The van der Waals surface area contributed by atoms with Crippen LogP contribution in [0.3, 0.4) is 0 Å². The number of carbonyl (C=O) groups excluding carboxylic acids is 2. The van der Waals surface area contributed by atoms with Crippen molar-refractivity contribution in [1.29, 1.82) is 0 Å². The van der Waals surface area contributed by atoms with E-state index in [-0.39, 0.29) is 11.1 Å². The van der Waals surface area contributed by atoms with Gasteiger partial charge in [-0.05, 0) is 70.1 Å². The molecule has 0 saturated carbocycles. The molecular formula is C28H20BrNO4S. The molecule has 174 valence electrons. The van der Waals surface area contributed by atoms with Crippen LogP contribution in [0, 0.1) is 0 Å². The molecule has 5 nitrogen and oxygen atoms in total. The Morgan fingerprint density at radius 2 is 1.63 bits per heavy atom. The molecule has 1 aliphatic heterocycles. The highest BCUT2D eigenvalue weighted by Crippen LogP contribution is 2.39. The van der Waals surface area contributed by atoms with Crippen molar-refractivity contribution in [2.75, 3.05) is 12.0 Å². The minimum absolute atomic E-state index is 0.328. The fourth-order valence-corrected chi connectivity index (χ4v) is 5.10. The van der Waals surface area contributed by atoms with Crippen molar-refractivity contribution in [2.45, 2.75) is 6.61 Å². The molecule has 0 aromatic heterocycles. The van der Waals surface area contributed by atoms with Gasteiger partial charge in [0.1, 0.15) is 6.61 Å². The fraction of sp³-hybridized carbons (Fsp3) is 0.0714. The zero-order valence-corrected chi connectivity index (χ0v) is 21.1. The van der Waals surface area contributed by atoms with E-state index in [9.17, 15) is 9.59 Å². The monoisotopic (exact) mass is 545 g/mol. The highest BCUT2D eigenvalue weighted by atomic mass is 79.9. The van der Waals surface area contributed by atoms with E-state index in [0.29, 0.717) is 34.3 Å². The van der Waals surface area contributed by atoms with Gasteiger partial charge in [-0.1, -0.05) is 70.5 Å². The van der Waals surface area contributed by atoms with Crippen molar-refractivity contribution in [3.8, 4) is 11.5 Å². The molecule has 2 amide bonds. The third-order valence-electron chi connectivity index (χ3n) is 5.59. The van der Waals surface area contributed by atoms with Crippen LogP contribution in [0.1, 0.15) is 11.1 Å². The van der Waals surface area contributed by atoms with Crippen LogP contribution in [0.4, 0.5) is 10.5 Å². The van der Waals surface area contributed by atoms with Gasteiger partial charge in [0, 0.05) is 4.47 Å². The number of anilines is 1. The van der Waals surface area contributed by atoms with Gasteiger partial charge in [0.05, 0.1) is 17.7 Å². The van der Waals surface area contributed by atoms with Crippen LogP contribution < -0.4 is 14.4 Å². The normalized spacial score (nSPS) is 14.7. The van der Waals surface area contributed by atoms with Gasteiger partial charge in [-0.15, -0.1) is 0 Å². The quantitative estimate of drug-likeness (QED) is 0.236. The lowest BCUT2D eigenvalue weighted by Crippen LogP contribution is -2.27. The number of rotatable bonds is 6. The summed E-state index contributed by atoms with van der Waals surface area (Å²) in [7, 11) is 1.57. The maximum absolute atomic E-state index is 13.0. The second-order valence-electron chi connectivity index (χ2n) is 7.85. The molecule has 0 radical (unpaired) electrons. The summed E-state index contributed by atoms with van der Waals surface area (Å²) in [6.45, 7) is 0.378. The zero-order chi connectivity index (χ0) is 24.4. The summed E-state index contributed by atoms with van der Waals surface area (Å²) in [5.74, 6) is 0.748. The SMILES string of the molecule is COc1cc(/C=C2\SC(=O)N(c3ccccc3)C2=O)c(Br)cc1OCc1ccc2ccccc2c1. The number of imide groups is 1. The molecule has 4 aromatic rings. The zero-order valence-electron chi connectivity index (χ0n) is 18.7. The number of amides is 2. The molecule has 0 aliphatic carbocycles. The molecule has 1 heterocycles. The number of thioether (sulfide) groups is 1. The van der Waals surface area contributed by atoms with E-state index >= 15 is 0 Å². The highest BCUT2D eigenvalue weighted by molar-refractivity contribution is 9.10. The smallest absolute Gasteiger partial charge is 0.298 e. The average molecular weight is 546 g/mol. The molecule has 1 aliphatic rings. The lowest BCUT2D eigenvalue weighted by atomic mass is 10.1. The molecule has 0 unspecified atom stereocenters. The van der Waals surface area contributed by atoms with Gasteiger partial charge in [-0.2, -0.15) is 0 Å². The van der Waals surface area contributed by atoms with Crippen LogP contribution >= 0.6 is 27.7 Å². The number of hydrogen-bond donors (Lipinski definition) is 0. The third-order valence-corrected chi connectivity index (χ3v) is 7.14. The second kappa shape index (κ2) is 9.98. The molecule has 5 rings (SSSR count). The summed E-state index contributed by atoms with van der Waals surface area (Å²) in [6.07, 6.45) is 1.69. The molecule has 0 bridgehead atoms. The Morgan fingerprint density at radius 1 is 0.886 bits per heavy atom. The number of fused-ring (bicyclic) bond motifs is 1. The van der Waals surface area contributed by atoms with E-state index in [1.165, 1.54) is 10.3 Å². The van der Waals surface area contributed by atoms with E-state index in [1.54, 1.807) is 43.5 Å². The predicted octanol–water partition coefficient (Wildman–Crippen LogP) is 7.43. The van der Waals surface area contributed by atoms with Gasteiger partial charge in [-0.25, -0.2) is 4.90 Å². The highest BCUT2D eigenvalue weighted by Gasteiger charge is 2.36. The van der Waals surface area contributed by atoms with Gasteiger partial charge in [0.25, 0.3) is 11.1 Å². The first-order valence-electron chi connectivity index (χ1n) is 10.8. The van der Waals surface area contributed by atoms with E-state index in [2.05, 4.69) is 40.2 Å². The van der Waals surface area contributed by atoms with Gasteiger partial charge in [0.2, 0.25) is 0 Å². The van der Waals surface area contributed by atoms with Gasteiger partial charge in [-0.3, -0.25) is 9.59 Å². The minimum Gasteiger partial charge on any atom is -0.493 e. The Labute approximate surface area is 215 Å². The van der Waals surface area contributed by atoms with E-state index < -0.39 is 0 Å². The van der Waals surface area contributed by atoms with E-state index in [4.69, 9.17) is 9.47 Å². The summed E-state index contributed by atoms with van der Waals surface area (Å²) in [4.78, 5) is 27.0. The summed E-state index contributed by atoms with van der Waals surface area (Å²) >= 11 is 4.48. The van der Waals surface area contributed by atoms with Gasteiger partial charge >= 0.3 is 0 Å².